The molecule has 3 rings (SSSR count). The Kier molecular flexibility index (Phi) is 2.57. The molecule has 0 spiro atoms. The number of H-pyrrole nitrogens is 1. The lowest BCUT2D eigenvalue weighted by molar-refractivity contribution is 0.0687. The summed E-state index contributed by atoms with van der Waals surface area (Å²) in [5, 5.41) is 19.0. The van der Waals surface area contributed by atoms with E-state index in [1.54, 1.807) is 6.07 Å². The van der Waals surface area contributed by atoms with Crippen molar-refractivity contribution in [1.82, 2.24) is 20.4 Å². The molecular weight excluding hydrogens is 248 g/mol. The molecule has 2 heterocycles. The van der Waals surface area contributed by atoms with E-state index in [2.05, 4.69) is 20.4 Å². The first kappa shape index (κ1) is 11.1. The van der Waals surface area contributed by atoms with Crippen molar-refractivity contribution in [3.8, 4) is 11.6 Å². The molecule has 0 atom stereocenters. The zero-order valence-corrected chi connectivity index (χ0v) is 9.57. The van der Waals surface area contributed by atoms with E-state index in [-0.39, 0.29) is 11.6 Å². The third-order valence-electron chi connectivity index (χ3n) is 2.51. The van der Waals surface area contributed by atoms with Crippen molar-refractivity contribution in [2.45, 2.75) is 0 Å². The van der Waals surface area contributed by atoms with Crippen molar-refractivity contribution in [1.29, 1.82) is 0 Å². The number of para-hydroxylation sites is 1. The second kappa shape index (κ2) is 4.37. The predicted molar refractivity (Wildman–Crippen MR) is 65.2 cm³/mol. The minimum Gasteiger partial charge on any atom is -0.476 e. The highest BCUT2D eigenvalue weighted by atomic mass is 16.5. The van der Waals surface area contributed by atoms with Gasteiger partial charge >= 0.3 is 5.97 Å². The maximum absolute atomic E-state index is 10.9. The lowest BCUT2D eigenvalue weighted by Crippen LogP contribution is -1.99. The minimum atomic E-state index is -1.19. The van der Waals surface area contributed by atoms with Crippen molar-refractivity contribution in [2.24, 2.45) is 0 Å². The first-order valence-electron chi connectivity index (χ1n) is 5.41. The Morgan fingerprint density at radius 3 is 3.00 bits per heavy atom. The van der Waals surface area contributed by atoms with Gasteiger partial charge in [0, 0.05) is 5.39 Å². The molecule has 0 amide bonds. The van der Waals surface area contributed by atoms with E-state index in [4.69, 9.17) is 9.84 Å². The molecule has 7 nitrogen and oxygen atoms in total. The average Bonchev–Trinajstić information content (AvgIpc) is 2.87. The quantitative estimate of drug-likeness (QED) is 0.741. The van der Waals surface area contributed by atoms with E-state index in [0.717, 1.165) is 10.9 Å². The Balaban J connectivity index is 1.97. The number of rotatable bonds is 3. The molecule has 0 aliphatic carbocycles. The minimum absolute atomic E-state index is 0.0930. The number of nitrogens with one attached hydrogen (secondary N) is 1. The van der Waals surface area contributed by atoms with Gasteiger partial charge in [-0.25, -0.2) is 9.89 Å². The number of ether oxygens (including phenoxy) is 1. The van der Waals surface area contributed by atoms with Crippen LogP contribution in [0.1, 0.15) is 10.5 Å². The van der Waals surface area contributed by atoms with Gasteiger partial charge < -0.3 is 9.84 Å². The topological polar surface area (TPSA) is 101 Å². The summed E-state index contributed by atoms with van der Waals surface area (Å²) in [6.45, 7) is 0. The van der Waals surface area contributed by atoms with Crippen LogP contribution in [0.2, 0.25) is 0 Å². The standard InChI is InChI=1S/C12H8N4O3/c17-12(18)10-11(15-16-14-10)19-8-5-7-3-1-2-4-9(7)13-6-8/h1-6H,(H,17,18)(H,14,15,16). The number of aromatic nitrogens is 4. The van der Waals surface area contributed by atoms with E-state index >= 15 is 0 Å². The summed E-state index contributed by atoms with van der Waals surface area (Å²) in [4.78, 5) is 15.1. The highest BCUT2D eigenvalue weighted by molar-refractivity contribution is 5.87. The second-order valence-electron chi connectivity index (χ2n) is 3.76. The highest BCUT2D eigenvalue weighted by Crippen LogP contribution is 2.23. The third kappa shape index (κ3) is 2.08. The van der Waals surface area contributed by atoms with Crippen LogP contribution in [-0.2, 0) is 0 Å². The van der Waals surface area contributed by atoms with Crippen LogP contribution in [0, 0.1) is 0 Å². The Labute approximate surface area is 106 Å². The molecule has 2 N–H and O–H groups in total. The first-order chi connectivity index (χ1) is 9.24. The van der Waals surface area contributed by atoms with Gasteiger partial charge in [0.05, 0.1) is 11.7 Å². The molecular formula is C12H8N4O3. The SMILES string of the molecule is O=C(O)c1[nH]nnc1Oc1cnc2ccccc2c1. The number of carboxylic acids is 1. The van der Waals surface area contributed by atoms with E-state index in [9.17, 15) is 4.79 Å². The average molecular weight is 256 g/mol. The number of carbonyl (C=O) groups is 1. The van der Waals surface area contributed by atoms with E-state index < -0.39 is 5.97 Å². The monoisotopic (exact) mass is 256 g/mol. The smallest absolute Gasteiger partial charge is 0.359 e. The summed E-state index contributed by atoms with van der Waals surface area (Å²) in [6, 6.07) is 9.28. The van der Waals surface area contributed by atoms with E-state index in [1.165, 1.54) is 6.20 Å². The molecule has 1 aromatic carbocycles. The summed E-state index contributed by atoms with van der Waals surface area (Å²) in [6.07, 6.45) is 1.50. The van der Waals surface area contributed by atoms with Crippen molar-refractivity contribution in [3.05, 3.63) is 42.2 Å². The number of aromatic carboxylic acids is 1. The number of pyridine rings is 1. The number of hydrogen-bond acceptors (Lipinski definition) is 5. The second-order valence-corrected chi connectivity index (χ2v) is 3.76. The zero-order chi connectivity index (χ0) is 13.2. The maximum Gasteiger partial charge on any atom is 0.359 e. The summed E-state index contributed by atoms with van der Waals surface area (Å²) in [5.41, 5.74) is 0.626. The van der Waals surface area contributed by atoms with Crippen molar-refractivity contribution >= 4 is 16.9 Å². The number of nitrogens with zero attached hydrogens (tertiary/aromatic N) is 3. The van der Waals surface area contributed by atoms with Gasteiger partial charge in [-0.2, -0.15) is 0 Å². The number of hydrogen-bond donors (Lipinski definition) is 2. The molecule has 0 saturated heterocycles. The fraction of sp³-hybridized carbons (Fsp3) is 0. The number of carboxylic acid groups (broad SMARTS) is 1. The lowest BCUT2D eigenvalue weighted by atomic mass is 10.2. The third-order valence-corrected chi connectivity index (χ3v) is 2.51. The van der Waals surface area contributed by atoms with Crippen molar-refractivity contribution in [2.75, 3.05) is 0 Å². The van der Waals surface area contributed by atoms with Crippen LogP contribution in [0.25, 0.3) is 10.9 Å². The summed E-state index contributed by atoms with van der Waals surface area (Å²) in [7, 11) is 0. The van der Waals surface area contributed by atoms with Gasteiger partial charge in [-0.05, 0) is 12.1 Å². The Morgan fingerprint density at radius 1 is 1.32 bits per heavy atom. The maximum atomic E-state index is 10.9. The zero-order valence-electron chi connectivity index (χ0n) is 9.57. The molecule has 2 aromatic heterocycles. The number of fused-ring (bicyclic) bond motifs is 1. The normalized spacial score (nSPS) is 10.5. The van der Waals surface area contributed by atoms with Crippen LogP contribution < -0.4 is 4.74 Å². The van der Waals surface area contributed by atoms with Crippen LogP contribution in [0.3, 0.4) is 0 Å². The van der Waals surface area contributed by atoms with Gasteiger partial charge in [0.15, 0.2) is 0 Å². The van der Waals surface area contributed by atoms with E-state index in [1.807, 2.05) is 24.3 Å². The van der Waals surface area contributed by atoms with Crippen LogP contribution in [0.15, 0.2) is 36.5 Å². The molecule has 3 aromatic rings. The van der Waals surface area contributed by atoms with Gasteiger partial charge in [-0.15, -0.1) is 0 Å². The molecule has 0 radical (unpaired) electrons. The number of benzene rings is 1. The van der Waals surface area contributed by atoms with Gasteiger partial charge in [0.2, 0.25) is 5.69 Å². The Hall–Kier alpha value is -2.96. The van der Waals surface area contributed by atoms with Gasteiger partial charge in [0.1, 0.15) is 5.75 Å². The van der Waals surface area contributed by atoms with Gasteiger partial charge in [-0.1, -0.05) is 28.5 Å². The van der Waals surface area contributed by atoms with Gasteiger partial charge in [0.25, 0.3) is 5.88 Å². The molecule has 0 fully saturated rings. The first-order valence-corrected chi connectivity index (χ1v) is 5.41. The molecule has 0 aliphatic rings. The van der Waals surface area contributed by atoms with Crippen LogP contribution >= 0.6 is 0 Å². The van der Waals surface area contributed by atoms with Crippen LogP contribution in [-0.4, -0.2) is 31.5 Å². The largest absolute Gasteiger partial charge is 0.476 e. The summed E-state index contributed by atoms with van der Waals surface area (Å²) < 4.78 is 5.37. The fourth-order valence-electron chi connectivity index (χ4n) is 1.65. The molecule has 0 aliphatic heterocycles. The number of aromatic amines is 1. The fourth-order valence-corrected chi connectivity index (χ4v) is 1.65. The summed E-state index contributed by atoms with van der Waals surface area (Å²) >= 11 is 0. The van der Waals surface area contributed by atoms with Crippen molar-refractivity contribution < 1.29 is 14.6 Å². The van der Waals surface area contributed by atoms with Crippen LogP contribution in [0.4, 0.5) is 0 Å². The molecule has 0 bridgehead atoms. The van der Waals surface area contributed by atoms with Gasteiger partial charge in [-0.3, -0.25) is 4.98 Å². The molecule has 7 heteroatoms. The molecule has 19 heavy (non-hydrogen) atoms. The molecule has 94 valence electrons. The summed E-state index contributed by atoms with van der Waals surface area (Å²) in [5.74, 6) is -0.881. The lowest BCUT2D eigenvalue weighted by Gasteiger charge is -2.03. The van der Waals surface area contributed by atoms with Crippen molar-refractivity contribution in [3.63, 3.8) is 0 Å². The predicted octanol–water partition coefficient (Wildman–Crippen LogP) is 1.84. The highest BCUT2D eigenvalue weighted by Gasteiger charge is 2.16. The molecule has 0 saturated carbocycles. The molecule has 0 unspecified atom stereocenters. The Morgan fingerprint density at radius 2 is 2.16 bits per heavy atom. The van der Waals surface area contributed by atoms with Crippen LogP contribution in [0.5, 0.6) is 11.6 Å². The van der Waals surface area contributed by atoms with E-state index in [0.29, 0.717) is 5.75 Å². The Bertz CT molecular complexity index is 753.